The van der Waals surface area contributed by atoms with Gasteiger partial charge in [0.25, 0.3) is 0 Å². The molecule has 0 radical (unpaired) electrons. The summed E-state index contributed by atoms with van der Waals surface area (Å²) in [6.07, 6.45) is -3.26. The van der Waals surface area contributed by atoms with Gasteiger partial charge in [-0.25, -0.2) is 14.6 Å². The molecule has 0 fully saturated rings. The Morgan fingerprint density at radius 3 is 1.75 bits per heavy atom. The Bertz CT molecular complexity index is 899. The first-order chi connectivity index (χ1) is 12.8. The number of benzene rings is 1. The van der Waals surface area contributed by atoms with Crippen LogP contribution in [0.25, 0.3) is 11.3 Å². The monoisotopic (exact) mass is 404 g/mol. The third-order valence-corrected chi connectivity index (χ3v) is 4.55. The lowest BCUT2D eigenvalue weighted by molar-refractivity contribution is 0.184. The fourth-order valence-electron chi connectivity index (χ4n) is 3.29. The minimum Gasteiger partial charge on any atom is -0.464 e. The fraction of sp³-hybridized carbons (Fsp3) is 0.381. The van der Waals surface area contributed by atoms with E-state index < -0.39 is 23.0 Å². The molecule has 0 spiro atoms. The number of carbonyl (C=O) groups is 2. The van der Waals surface area contributed by atoms with E-state index in [2.05, 4.69) is 4.98 Å². The van der Waals surface area contributed by atoms with Crippen molar-refractivity contribution >= 4 is 29.5 Å². The first-order valence-electron chi connectivity index (χ1n) is 8.82. The molecule has 0 aliphatic carbocycles. The SMILES string of the molecule is CC(C)(C)c1c(-c2ccccc2)nc(Cl)c(N(C(=O)O)C(=O)O)c1C(C)(C)C. The lowest BCUT2D eigenvalue weighted by Gasteiger charge is -2.35. The Hall–Kier alpha value is -2.60. The molecule has 7 heteroatoms. The highest BCUT2D eigenvalue weighted by Crippen LogP contribution is 2.47. The standard InChI is InChI=1S/C21H25ClN2O4/c1-20(2,3)13-14(21(4,5)6)16(24(18(25)26)19(27)28)17(22)23-15(13)12-10-8-7-9-11-12/h7-11H,1-6H3,(H,25,26)(H,27,28). The Balaban J connectivity index is 3.10. The molecular weight excluding hydrogens is 380 g/mol. The number of anilines is 1. The second-order valence-corrected chi connectivity index (χ2v) is 8.97. The molecule has 0 aliphatic rings. The largest absolute Gasteiger partial charge is 0.464 e. The van der Waals surface area contributed by atoms with E-state index in [1.54, 1.807) is 0 Å². The number of nitrogens with zero attached hydrogens (tertiary/aromatic N) is 2. The Morgan fingerprint density at radius 1 is 0.893 bits per heavy atom. The Labute approximate surface area is 169 Å². The van der Waals surface area contributed by atoms with E-state index in [9.17, 15) is 19.8 Å². The minimum absolute atomic E-state index is 0.112. The second-order valence-electron chi connectivity index (χ2n) is 8.62. The quantitative estimate of drug-likeness (QED) is 0.585. The first kappa shape index (κ1) is 21.7. The van der Waals surface area contributed by atoms with E-state index in [0.717, 1.165) is 11.1 Å². The van der Waals surface area contributed by atoms with Crippen molar-refractivity contribution < 1.29 is 19.8 Å². The van der Waals surface area contributed by atoms with Crippen molar-refractivity contribution in [3.63, 3.8) is 0 Å². The van der Waals surface area contributed by atoms with Gasteiger partial charge in [-0.3, -0.25) is 0 Å². The van der Waals surface area contributed by atoms with Gasteiger partial charge < -0.3 is 10.2 Å². The molecule has 0 atom stereocenters. The highest BCUT2D eigenvalue weighted by molar-refractivity contribution is 6.34. The molecule has 0 unspecified atom stereocenters. The van der Waals surface area contributed by atoms with Crippen LogP contribution in [0.3, 0.4) is 0 Å². The molecule has 2 amide bonds. The molecule has 0 aliphatic heterocycles. The van der Waals surface area contributed by atoms with Crippen LogP contribution in [0.15, 0.2) is 30.3 Å². The number of amides is 2. The number of carboxylic acid groups (broad SMARTS) is 2. The van der Waals surface area contributed by atoms with Crippen LogP contribution in [0.1, 0.15) is 52.7 Å². The third kappa shape index (κ3) is 4.12. The number of hydrogen-bond acceptors (Lipinski definition) is 3. The summed E-state index contributed by atoms with van der Waals surface area (Å²) < 4.78 is 0. The molecule has 0 saturated carbocycles. The number of rotatable bonds is 2. The summed E-state index contributed by atoms with van der Waals surface area (Å²) in [4.78, 5) is 28.2. The average Bonchev–Trinajstić information content (AvgIpc) is 2.54. The van der Waals surface area contributed by atoms with E-state index in [4.69, 9.17) is 11.6 Å². The van der Waals surface area contributed by atoms with Crippen molar-refractivity contribution in [2.75, 3.05) is 4.90 Å². The van der Waals surface area contributed by atoms with Gasteiger partial charge in [0.2, 0.25) is 0 Å². The molecule has 2 N–H and O–H groups in total. The predicted octanol–water partition coefficient (Wildman–Crippen LogP) is 6.16. The van der Waals surface area contributed by atoms with E-state index >= 15 is 0 Å². The molecule has 1 aromatic heterocycles. The Kier molecular flexibility index (Phi) is 5.76. The summed E-state index contributed by atoms with van der Waals surface area (Å²) in [5.74, 6) is 0. The van der Waals surface area contributed by atoms with Crippen LogP contribution in [0.5, 0.6) is 0 Å². The van der Waals surface area contributed by atoms with Gasteiger partial charge in [-0.2, -0.15) is 4.90 Å². The molecule has 1 heterocycles. The normalized spacial score (nSPS) is 12.0. The highest BCUT2D eigenvalue weighted by atomic mass is 35.5. The van der Waals surface area contributed by atoms with E-state index in [-0.39, 0.29) is 15.7 Å². The Morgan fingerprint density at radius 2 is 1.36 bits per heavy atom. The molecule has 150 valence electrons. The molecule has 0 saturated heterocycles. The predicted molar refractivity (Wildman–Crippen MR) is 111 cm³/mol. The average molecular weight is 405 g/mol. The van der Waals surface area contributed by atoms with E-state index in [1.807, 2.05) is 71.9 Å². The van der Waals surface area contributed by atoms with E-state index in [0.29, 0.717) is 11.3 Å². The van der Waals surface area contributed by atoms with Crippen LogP contribution in [0.2, 0.25) is 5.15 Å². The zero-order valence-corrected chi connectivity index (χ0v) is 17.6. The van der Waals surface area contributed by atoms with Crippen LogP contribution in [-0.2, 0) is 10.8 Å². The summed E-state index contributed by atoms with van der Waals surface area (Å²) in [5.41, 5.74) is 1.58. The van der Waals surface area contributed by atoms with Crippen molar-refractivity contribution in [2.24, 2.45) is 0 Å². The zero-order valence-electron chi connectivity index (χ0n) is 16.9. The van der Waals surface area contributed by atoms with Gasteiger partial charge in [-0.05, 0) is 22.0 Å². The van der Waals surface area contributed by atoms with Crippen molar-refractivity contribution in [3.05, 3.63) is 46.6 Å². The first-order valence-corrected chi connectivity index (χ1v) is 9.20. The number of aromatic nitrogens is 1. The molecule has 6 nitrogen and oxygen atoms in total. The summed E-state index contributed by atoms with van der Waals surface area (Å²) in [6, 6.07) is 9.43. The number of imide groups is 1. The molecule has 2 rings (SSSR count). The number of halogens is 1. The summed E-state index contributed by atoms with van der Waals surface area (Å²) in [6.45, 7) is 11.6. The topological polar surface area (TPSA) is 90.7 Å². The lowest BCUT2D eigenvalue weighted by Crippen LogP contribution is -2.38. The molecule has 0 bridgehead atoms. The van der Waals surface area contributed by atoms with Gasteiger partial charge in [0.15, 0.2) is 5.15 Å². The molecule has 2 aromatic rings. The maximum atomic E-state index is 11.7. The summed E-state index contributed by atoms with van der Waals surface area (Å²) in [7, 11) is 0. The maximum absolute atomic E-state index is 11.7. The van der Waals surface area contributed by atoms with Gasteiger partial charge in [-0.1, -0.05) is 83.5 Å². The van der Waals surface area contributed by atoms with E-state index in [1.165, 1.54) is 0 Å². The van der Waals surface area contributed by atoms with Crippen molar-refractivity contribution in [3.8, 4) is 11.3 Å². The van der Waals surface area contributed by atoms with Crippen LogP contribution in [-0.4, -0.2) is 27.4 Å². The van der Waals surface area contributed by atoms with Crippen molar-refractivity contribution in [1.82, 2.24) is 4.98 Å². The van der Waals surface area contributed by atoms with Crippen molar-refractivity contribution in [2.45, 2.75) is 52.4 Å². The van der Waals surface area contributed by atoms with Crippen LogP contribution in [0, 0.1) is 0 Å². The molecule has 28 heavy (non-hydrogen) atoms. The highest BCUT2D eigenvalue weighted by Gasteiger charge is 2.38. The smallest absolute Gasteiger partial charge is 0.421 e. The minimum atomic E-state index is -1.63. The van der Waals surface area contributed by atoms with Crippen LogP contribution < -0.4 is 4.90 Å². The third-order valence-electron chi connectivity index (χ3n) is 4.28. The molecular formula is C21H25ClN2O4. The fourth-order valence-corrected chi connectivity index (χ4v) is 3.55. The summed E-state index contributed by atoms with van der Waals surface area (Å²) >= 11 is 6.42. The van der Waals surface area contributed by atoms with Crippen LogP contribution >= 0.6 is 11.6 Å². The van der Waals surface area contributed by atoms with Crippen LogP contribution in [0.4, 0.5) is 15.3 Å². The zero-order chi connectivity index (χ0) is 21.4. The second kappa shape index (κ2) is 7.43. The molecule has 1 aromatic carbocycles. The summed E-state index contributed by atoms with van der Waals surface area (Å²) in [5, 5.41) is 18.9. The van der Waals surface area contributed by atoms with Gasteiger partial charge in [-0.15, -0.1) is 0 Å². The van der Waals surface area contributed by atoms with Gasteiger partial charge in [0.1, 0.15) is 5.69 Å². The number of pyridine rings is 1. The van der Waals surface area contributed by atoms with Gasteiger partial charge in [0.05, 0.1) is 5.69 Å². The van der Waals surface area contributed by atoms with Gasteiger partial charge >= 0.3 is 12.2 Å². The van der Waals surface area contributed by atoms with Crippen molar-refractivity contribution in [1.29, 1.82) is 0 Å². The lowest BCUT2D eigenvalue weighted by atomic mass is 9.73. The van der Waals surface area contributed by atoms with Gasteiger partial charge in [0, 0.05) is 5.56 Å². The number of hydrogen-bond donors (Lipinski definition) is 2. The maximum Gasteiger partial charge on any atom is 0.421 e.